The molecule has 0 aliphatic heterocycles. The zero-order valence-corrected chi connectivity index (χ0v) is 14.0. The van der Waals surface area contributed by atoms with E-state index in [-0.39, 0.29) is 9.92 Å². The topological polar surface area (TPSA) is 72.0 Å². The maximum absolute atomic E-state index is 12.4. The standard InChI is InChI=1S/C15H18ClN3O2S/c1-11(2)9-10-17-14-7-8-15(19-18-14)22(20,21)13-5-3-12(16)4-6-13/h3-8,11H,9-10H2,1-2H3,(H,17,18). The van der Waals surface area contributed by atoms with E-state index in [0.29, 0.717) is 16.8 Å². The average Bonchev–Trinajstić information content (AvgIpc) is 2.48. The van der Waals surface area contributed by atoms with E-state index >= 15 is 0 Å². The molecule has 7 heteroatoms. The molecule has 0 amide bonds. The van der Waals surface area contributed by atoms with Crippen LogP contribution in [0, 0.1) is 5.92 Å². The van der Waals surface area contributed by atoms with Crippen molar-refractivity contribution in [2.75, 3.05) is 11.9 Å². The number of nitrogens with one attached hydrogen (secondary N) is 1. The van der Waals surface area contributed by atoms with Crippen molar-refractivity contribution in [2.45, 2.75) is 30.2 Å². The fourth-order valence-electron chi connectivity index (χ4n) is 1.78. The van der Waals surface area contributed by atoms with E-state index in [1.807, 2.05) is 0 Å². The number of hydrogen-bond donors (Lipinski definition) is 1. The van der Waals surface area contributed by atoms with Crippen molar-refractivity contribution in [2.24, 2.45) is 5.92 Å². The maximum atomic E-state index is 12.4. The lowest BCUT2D eigenvalue weighted by atomic mass is 10.1. The van der Waals surface area contributed by atoms with Gasteiger partial charge < -0.3 is 5.32 Å². The normalized spacial score (nSPS) is 11.6. The van der Waals surface area contributed by atoms with Crippen LogP contribution in [0.4, 0.5) is 5.82 Å². The third-order valence-electron chi connectivity index (χ3n) is 3.07. The number of benzene rings is 1. The highest BCUT2D eigenvalue weighted by molar-refractivity contribution is 7.91. The first-order chi connectivity index (χ1) is 10.4. The number of anilines is 1. The Balaban J connectivity index is 2.13. The zero-order chi connectivity index (χ0) is 16.2. The molecule has 22 heavy (non-hydrogen) atoms. The highest BCUT2D eigenvalue weighted by atomic mass is 35.5. The molecule has 5 nitrogen and oxygen atoms in total. The molecule has 0 fully saturated rings. The molecule has 0 saturated heterocycles. The van der Waals surface area contributed by atoms with Crippen molar-refractivity contribution in [1.29, 1.82) is 0 Å². The van der Waals surface area contributed by atoms with E-state index in [0.717, 1.165) is 13.0 Å². The fourth-order valence-corrected chi connectivity index (χ4v) is 3.04. The summed E-state index contributed by atoms with van der Waals surface area (Å²) in [7, 11) is -3.67. The van der Waals surface area contributed by atoms with Gasteiger partial charge in [0.05, 0.1) is 4.90 Å². The summed E-state index contributed by atoms with van der Waals surface area (Å²) >= 11 is 5.77. The van der Waals surface area contributed by atoms with Crippen LogP contribution >= 0.6 is 11.6 Å². The number of halogens is 1. The van der Waals surface area contributed by atoms with Crippen LogP contribution in [0.1, 0.15) is 20.3 Å². The van der Waals surface area contributed by atoms with Gasteiger partial charge in [0.1, 0.15) is 5.82 Å². The van der Waals surface area contributed by atoms with Crippen molar-refractivity contribution >= 4 is 27.3 Å². The van der Waals surface area contributed by atoms with Gasteiger partial charge in [0.2, 0.25) is 9.84 Å². The SMILES string of the molecule is CC(C)CCNc1ccc(S(=O)(=O)c2ccc(Cl)cc2)nn1. The number of aromatic nitrogens is 2. The molecule has 1 aromatic carbocycles. The van der Waals surface area contributed by atoms with Gasteiger partial charge >= 0.3 is 0 Å². The molecule has 0 bridgehead atoms. The van der Waals surface area contributed by atoms with Crippen LogP contribution in [-0.4, -0.2) is 25.2 Å². The highest BCUT2D eigenvalue weighted by Crippen LogP contribution is 2.21. The molecular formula is C15H18ClN3O2S. The Morgan fingerprint density at radius 2 is 1.77 bits per heavy atom. The Labute approximate surface area is 135 Å². The minimum atomic E-state index is -3.67. The minimum Gasteiger partial charge on any atom is -0.369 e. The molecular weight excluding hydrogens is 322 g/mol. The molecule has 2 aromatic rings. The Hall–Kier alpha value is -1.66. The Morgan fingerprint density at radius 3 is 2.32 bits per heavy atom. The van der Waals surface area contributed by atoms with Crippen LogP contribution in [-0.2, 0) is 9.84 Å². The molecule has 0 aliphatic rings. The van der Waals surface area contributed by atoms with E-state index in [1.165, 1.54) is 30.3 Å². The van der Waals surface area contributed by atoms with Crippen molar-refractivity contribution in [3.8, 4) is 0 Å². The lowest BCUT2D eigenvalue weighted by Gasteiger charge is -2.08. The molecule has 1 aromatic heterocycles. The second-order valence-corrected chi connectivity index (χ2v) is 7.66. The Kier molecular flexibility index (Phi) is 5.37. The molecule has 1 heterocycles. The molecule has 0 radical (unpaired) electrons. The molecule has 1 N–H and O–H groups in total. The third-order valence-corrected chi connectivity index (χ3v) is 4.98. The predicted octanol–water partition coefficient (Wildman–Crippen LogP) is 3.42. The van der Waals surface area contributed by atoms with Crippen molar-refractivity contribution in [1.82, 2.24) is 10.2 Å². The van der Waals surface area contributed by atoms with Gasteiger partial charge in [-0.15, -0.1) is 10.2 Å². The first-order valence-corrected chi connectivity index (χ1v) is 8.84. The van der Waals surface area contributed by atoms with Crippen molar-refractivity contribution in [3.05, 3.63) is 41.4 Å². The van der Waals surface area contributed by atoms with Gasteiger partial charge in [-0.25, -0.2) is 8.42 Å². The van der Waals surface area contributed by atoms with Crippen LogP contribution in [0.3, 0.4) is 0 Å². The van der Waals surface area contributed by atoms with E-state index < -0.39 is 9.84 Å². The summed E-state index contributed by atoms with van der Waals surface area (Å²) in [5.41, 5.74) is 0. The lowest BCUT2D eigenvalue weighted by Crippen LogP contribution is -2.09. The quantitative estimate of drug-likeness (QED) is 0.873. The van der Waals surface area contributed by atoms with Gasteiger partial charge in [-0.3, -0.25) is 0 Å². The smallest absolute Gasteiger partial charge is 0.225 e. The van der Waals surface area contributed by atoms with E-state index in [1.54, 1.807) is 6.07 Å². The molecule has 0 unspecified atom stereocenters. The first-order valence-electron chi connectivity index (χ1n) is 6.98. The highest BCUT2D eigenvalue weighted by Gasteiger charge is 2.19. The maximum Gasteiger partial charge on any atom is 0.225 e. The summed E-state index contributed by atoms with van der Waals surface area (Å²) in [6.07, 6.45) is 1.01. The van der Waals surface area contributed by atoms with Crippen molar-refractivity contribution in [3.63, 3.8) is 0 Å². The van der Waals surface area contributed by atoms with Crippen LogP contribution in [0.15, 0.2) is 46.3 Å². The van der Waals surface area contributed by atoms with E-state index in [4.69, 9.17) is 11.6 Å². The van der Waals surface area contributed by atoms with Crippen LogP contribution < -0.4 is 5.32 Å². The molecule has 0 saturated carbocycles. The summed E-state index contributed by atoms with van der Waals surface area (Å²) in [6, 6.07) is 9.04. The van der Waals surface area contributed by atoms with Gasteiger partial charge in [-0.1, -0.05) is 25.4 Å². The summed E-state index contributed by atoms with van der Waals surface area (Å²) in [5, 5.41) is 11.2. The Bertz CT molecular complexity index is 713. The number of nitrogens with zero attached hydrogens (tertiary/aromatic N) is 2. The summed E-state index contributed by atoms with van der Waals surface area (Å²) in [6.45, 7) is 5.04. The molecule has 0 atom stereocenters. The molecule has 0 aliphatic carbocycles. The molecule has 2 rings (SSSR count). The van der Waals surface area contributed by atoms with Gasteiger partial charge in [0.25, 0.3) is 0 Å². The fraction of sp³-hybridized carbons (Fsp3) is 0.333. The van der Waals surface area contributed by atoms with Crippen LogP contribution in [0.25, 0.3) is 0 Å². The van der Waals surface area contributed by atoms with Gasteiger partial charge in [-0.2, -0.15) is 0 Å². The largest absolute Gasteiger partial charge is 0.369 e. The Morgan fingerprint density at radius 1 is 1.09 bits per heavy atom. The second kappa shape index (κ2) is 7.07. The first kappa shape index (κ1) is 16.7. The third kappa shape index (κ3) is 4.18. The number of hydrogen-bond acceptors (Lipinski definition) is 5. The monoisotopic (exact) mass is 339 g/mol. The number of rotatable bonds is 6. The summed E-state index contributed by atoms with van der Waals surface area (Å²) < 4.78 is 24.8. The second-order valence-electron chi connectivity index (χ2n) is 5.32. The van der Waals surface area contributed by atoms with Gasteiger partial charge in [-0.05, 0) is 48.7 Å². The van der Waals surface area contributed by atoms with Gasteiger partial charge in [0, 0.05) is 11.6 Å². The predicted molar refractivity (Wildman–Crippen MR) is 86.9 cm³/mol. The minimum absolute atomic E-state index is 0.0794. The van der Waals surface area contributed by atoms with Crippen LogP contribution in [0.2, 0.25) is 5.02 Å². The summed E-state index contributed by atoms with van der Waals surface area (Å²) in [4.78, 5) is 0.145. The average molecular weight is 340 g/mol. The van der Waals surface area contributed by atoms with E-state index in [2.05, 4.69) is 29.4 Å². The number of sulfone groups is 1. The lowest BCUT2D eigenvalue weighted by molar-refractivity contribution is 0.590. The van der Waals surface area contributed by atoms with Crippen LogP contribution in [0.5, 0.6) is 0 Å². The van der Waals surface area contributed by atoms with E-state index in [9.17, 15) is 8.42 Å². The molecule has 118 valence electrons. The van der Waals surface area contributed by atoms with Crippen molar-refractivity contribution < 1.29 is 8.42 Å². The molecule has 0 spiro atoms. The summed E-state index contributed by atoms with van der Waals surface area (Å²) in [5.74, 6) is 1.15. The zero-order valence-electron chi connectivity index (χ0n) is 12.5. The van der Waals surface area contributed by atoms with Gasteiger partial charge in [0.15, 0.2) is 5.03 Å².